The SMILES string of the molecule is CCN(CC#N)Cc1cccnc1OC. The molecule has 0 fully saturated rings. The van der Waals surface area contributed by atoms with Crippen molar-refractivity contribution in [2.24, 2.45) is 0 Å². The second kappa shape index (κ2) is 5.99. The number of rotatable bonds is 5. The largest absolute Gasteiger partial charge is 0.481 e. The van der Waals surface area contributed by atoms with Gasteiger partial charge in [-0.2, -0.15) is 5.26 Å². The van der Waals surface area contributed by atoms with Crippen LogP contribution >= 0.6 is 0 Å². The zero-order valence-corrected chi connectivity index (χ0v) is 9.10. The summed E-state index contributed by atoms with van der Waals surface area (Å²) in [6.07, 6.45) is 1.70. The van der Waals surface area contributed by atoms with E-state index in [1.165, 1.54) is 0 Å². The van der Waals surface area contributed by atoms with E-state index >= 15 is 0 Å². The van der Waals surface area contributed by atoms with E-state index < -0.39 is 0 Å². The monoisotopic (exact) mass is 205 g/mol. The minimum atomic E-state index is 0.425. The number of hydrogen-bond acceptors (Lipinski definition) is 4. The van der Waals surface area contributed by atoms with Gasteiger partial charge in [-0.3, -0.25) is 4.90 Å². The quantitative estimate of drug-likeness (QED) is 0.682. The topological polar surface area (TPSA) is 49.2 Å². The summed E-state index contributed by atoms with van der Waals surface area (Å²) in [6, 6.07) is 5.98. The average Bonchev–Trinajstić information content (AvgIpc) is 2.29. The van der Waals surface area contributed by atoms with E-state index in [0.29, 0.717) is 19.0 Å². The number of nitriles is 1. The first-order chi connectivity index (χ1) is 7.31. The van der Waals surface area contributed by atoms with Crippen LogP contribution in [0.1, 0.15) is 12.5 Å². The smallest absolute Gasteiger partial charge is 0.217 e. The molecular weight excluding hydrogens is 190 g/mol. The molecule has 0 unspecified atom stereocenters. The van der Waals surface area contributed by atoms with Crippen LogP contribution in [0.3, 0.4) is 0 Å². The van der Waals surface area contributed by atoms with Gasteiger partial charge in [-0.1, -0.05) is 13.0 Å². The van der Waals surface area contributed by atoms with E-state index in [4.69, 9.17) is 10.00 Å². The van der Waals surface area contributed by atoms with Crippen LogP contribution in [0.4, 0.5) is 0 Å². The van der Waals surface area contributed by atoms with E-state index in [1.807, 2.05) is 24.0 Å². The molecule has 0 radical (unpaired) electrons. The Labute approximate surface area is 90.1 Å². The van der Waals surface area contributed by atoms with E-state index in [2.05, 4.69) is 11.1 Å². The van der Waals surface area contributed by atoms with Crippen LogP contribution < -0.4 is 4.74 Å². The maximum absolute atomic E-state index is 8.63. The van der Waals surface area contributed by atoms with Crippen molar-refractivity contribution in [3.63, 3.8) is 0 Å². The molecule has 4 nitrogen and oxygen atoms in total. The van der Waals surface area contributed by atoms with Crippen molar-refractivity contribution in [2.45, 2.75) is 13.5 Å². The number of pyridine rings is 1. The molecule has 0 atom stereocenters. The third kappa shape index (κ3) is 3.22. The van der Waals surface area contributed by atoms with E-state index in [-0.39, 0.29) is 0 Å². The fraction of sp³-hybridized carbons (Fsp3) is 0.455. The Hall–Kier alpha value is -1.60. The van der Waals surface area contributed by atoms with Gasteiger partial charge in [0.2, 0.25) is 5.88 Å². The van der Waals surface area contributed by atoms with Crippen molar-refractivity contribution in [1.82, 2.24) is 9.88 Å². The number of ether oxygens (including phenoxy) is 1. The zero-order valence-electron chi connectivity index (χ0n) is 9.10. The van der Waals surface area contributed by atoms with Gasteiger partial charge < -0.3 is 4.74 Å². The standard InChI is InChI=1S/C11H15N3O/c1-3-14(8-6-12)9-10-5-4-7-13-11(10)15-2/h4-5,7H,3,8-9H2,1-2H3. The highest BCUT2D eigenvalue weighted by molar-refractivity contribution is 5.25. The van der Waals surface area contributed by atoms with E-state index in [9.17, 15) is 0 Å². The van der Waals surface area contributed by atoms with Gasteiger partial charge in [-0.15, -0.1) is 0 Å². The van der Waals surface area contributed by atoms with Crippen molar-refractivity contribution in [1.29, 1.82) is 5.26 Å². The van der Waals surface area contributed by atoms with Gasteiger partial charge in [-0.25, -0.2) is 4.98 Å². The molecule has 0 amide bonds. The molecular formula is C11H15N3O. The highest BCUT2D eigenvalue weighted by Gasteiger charge is 2.07. The normalized spacial score (nSPS) is 10.0. The Kier molecular flexibility index (Phi) is 4.58. The second-order valence-electron chi connectivity index (χ2n) is 3.13. The summed E-state index contributed by atoms with van der Waals surface area (Å²) < 4.78 is 5.15. The molecule has 0 spiro atoms. The van der Waals surface area contributed by atoms with Crippen LogP contribution in [-0.2, 0) is 6.54 Å². The summed E-state index contributed by atoms with van der Waals surface area (Å²) in [4.78, 5) is 6.14. The van der Waals surface area contributed by atoms with Crippen LogP contribution in [-0.4, -0.2) is 30.1 Å². The van der Waals surface area contributed by atoms with Gasteiger partial charge in [0.1, 0.15) is 0 Å². The molecule has 0 aliphatic rings. The number of hydrogen-bond donors (Lipinski definition) is 0. The van der Waals surface area contributed by atoms with Crippen molar-refractivity contribution < 1.29 is 4.74 Å². The molecule has 0 aromatic carbocycles. The molecule has 15 heavy (non-hydrogen) atoms. The van der Waals surface area contributed by atoms with Gasteiger partial charge in [-0.05, 0) is 12.6 Å². The lowest BCUT2D eigenvalue weighted by molar-refractivity contribution is 0.303. The van der Waals surface area contributed by atoms with Crippen molar-refractivity contribution >= 4 is 0 Å². The highest BCUT2D eigenvalue weighted by atomic mass is 16.5. The minimum Gasteiger partial charge on any atom is -0.481 e. The average molecular weight is 205 g/mol. The fourth-order valence-corrected chi connectivity index (χ4v) is 1.35. The zero-order chi connectivity index (χ0) is 11.1. The first-order valence-corrected chi connectivity index (χ1v) is 4.89. The lowest BCUT2D eigenvalue weighted by atomic mass is 10.2. The molecule has 0 aliphatic heterocycles. The molecule has 0 bridgehead atoms. The predicted molar refractivity (Wildman–Crippen MR) is 57.4 cm³/mol. The Bertz CT molecular complexity index is 346. The van der Waals surface area contributed by atoms with Gasteiger partial charge >= 0.3 is 0 Å². The number of aromatic nitrogens is 1. The molecule has 1 aromatic heterocycles. The van der Waals surface area contributed by atoms with Gasteiger partial charge in [0.25, 0.3) is 0 Å². The summed E-state index contributed by atoms with van der Waals surface area (Å²) in [5.41, 5.74) is 1.01. The number of methoxy groups -OCH3 is 1. The molecule has 1 rings (SSSR count). The van der Waals surface area contributed by atoms with E-state index in [1.54, 1.807) is 13.3 Å². The van der Waals surface area contributed by atoms with Crippen LogP contribution in [0.5, 0.6) is 5.88 Å². The third-order valence-corrected chi connectivity index (χ3v) is 2.18. The molecule has 4 heteroatoms. The Morgan fingerprint density at radius 3 is 3.00 bits per heavy atom. The van der Waals surface area contributed by atoms with Crippen LogP contribution in [0.2, 0.25) is 0 Å². The Morgan fingerprint density at radius 2 is 2.40 bits per heavy atom. The molecule has 0 saturated heterocycles. The lowest BCUT2D eigenvalue weighted by Gasteiger charge is -2.17. The van der Waals surface area contributed by atoms with Crippen molar-refractivity contribution in [3.05, 3.63) is 23.9 Å². The summed E-state index contributed by atoms with van der Waals surface area (Å²) >= 11 is 0. The molecule has 0 aliphatic carbocycles. The predicted octanol–water partition coefficient (Wildman–Crippen LogP) is 1.44. The summed E-state index contributed by atoms with van der Waals surface area (Å²) in [5, 5.41) is 8.63. The maximum atomic E-state index is 8.63. The Morgan fingerprint density at radius 1 is 1.60 bits per heavy atom. The molecule has 80 valence electrons. The fourth-order valence-electron chi connectivity index (χ4n) is 1.35. The summed E-state index contributed by atoms with van der Waals surface area (Å²) in [7, 11) is 1.60. The van der Waals surface area contributed by atoms with Crippen LogP contribution in [0.25, 0.3) is 0 Å². The molecule has 1 aromatic rings. The second-order valence-corrected chi connectivity index (χ2v) is 3.13. The van der Waals surface area contributed by atoms with Crippen molar-refractivity contribution in [3.8, 4) is 11.9 Å². The highest BCUT2D eigenvalue weighted by Crippen LogP contribution is 2.15. The van der Waals surface area contributed by atoms with E-state index in [0.717, 1.165) is 12.1 Å². The summed E-state index contributed by atoms with van der Waals surface area (Å²) in [5.74, 6) is 0.633. The Balaban J connectivity index is 2.74. The van der Waals surface area contributed by atoms with Crippen molar-refractivity contribution in [2.75, 3.05) is 20.2 Å². The van der Waals surface area contributed by atoms with Gasteiger partial charge in [0, 0.05) is 18.3 Å². The first kappa shape index (κ1) is 11.5. The molecule has 0 saturated carbocycles. The first-order valence-electron chi connectivity index (χ1n) is 4.89. The van der Waals surface area contributed by atoms with Crippen LogP contribution in [0, 0.1) is 11.3 Å². The van der Waals surface area contributed by atoms with Gasteiger partial charge in [0.05, 0.1) is 19.7 Å². The van der Waals surface area contributed by atoms with Gasteiger partial charge in [0.15, 0.2) is 0 Å². The lowest BCUT2D eigenvalue weighted by Crippen LogP contribution is -2.23. The number of nitrogens with zero attached hydrogens (tertiary/aromatic N) is 3. The molecule has 1 heterocycles. The molecule has 0 N–H and O–H groups in total. The van der Waals surface area contributed by atoms with Crippen LogP contribution in [0.15, 0.2) is 18.3 Å². The third-order valence-electron chi connectivity index (χ3n) is 2.18. The minimum absolute atomic E-state index is 0.425. The summed E-state index contributed by atoms with van der Waals surface area (Å²) in [6.45, 7) is 3.99. The maximum Gasteiger partial charge on any atom is 0.217 e.